The lowest BCUT2D eigenvalue weighted by Gasteiger charge is -2.33. The van der Waals surface area contributed by atoms with Crippen molar-refractivity contribution in [3.63, 3.8) is 0 Å². The molecule has 0 saturated carbocycles. The van der Waals surface area contributed by atoms with E-state index in [1.54, 1.807) is 14.2 Å². The molecule has 0 radical (unpaired) electrons. The van der Waals surface area contributed by atoms with Crippen LogP contribution < -0.4 is 4.74 Å². The largest absolute Gasteiger partial charge is 0.497 e. The number of aryl methyl sites for hydroxylation is 1. The van der Waals surface area contributed by atoms with Crippen molar-refractivity contribution in [2.45, 2.75) is 39.5 Å². The molecule has 1 saturated heterocycles. The molecule has 2 aromatic rings. The molecule has 0 bridgehead atoms. The third-order valence-corrected chi connectivity index (χ3v) is 5.00. The quantitative estimate of drug-likeness (QED) is 0.774. The Kier molecular flexibility index (Phi) is 6.10. The number of rotatable bonds is 7. The number of imidazole rings is 1. The molecule has 3 rings (SSSR count). The van der Waals surface area contributed by atoms with Gasteiger partial charge in [-0.3, -0.25) is 4.90 Å². The lowest BCUT2D eigenvalue weighted by atomic mass is 9.97. The summed E-state index contributed by atoms with van der Waals surface area (Å²) in [5.74, 6) is 2.62. The second-order valence-electron chi connectivity index (χ2n) is 6.95. The second-order valence-corrected chi connectivity index (χ2v) is 6.95. The fourth-order valence-electron chi connectivity index (χ4n) is 3.74. The van der Waals surface area contributed by atoms with E-state index in [1.807, 2.05) is 12.3 Å². The first-order valence-corrected chi connectivity index (χ1v) is 9.05. The zero-order valence-corrected chi connectivity index (χ0v) is 15.6. The summed E-state index contributed by atoms with van der Waals surface area (Å²) in [6, 6.07) is 8.40. The van der Waals surface area contributed by atoms with Crippen LogP contribution in [-0.4, -0.2) is 41.8 Å². The van der Waals surface area contributed by atoms with Crippen LogP contribution in [0.25, 0.3) is 0 Å². The molecule has 1 aliphatic rings. The van der Waals surface area contributed by atoms with E-state index in [2.05, 4.69) is 39.6 Å². The van der Waals surface area contributed by atoms with Gasteiger partial charge in [-0.15, -0.1) is 0 Å². The Bertz CT molecular complexity index is 683. The smallest absolute Gasteiger partial charge is 0.134 e. The first kappa shape index (κ1) is 18.0. The topological polar surface area (TPSA) is 39.5 Å². The van der Waals surface area contributed by atoms with Gasteiger partial charge in [0, 0.05) is 38.6 Å². The summed E-state index contributed by atoms with van der Waals surface area (Å²) < 4.78 is 13.0. The van der Waals surface area contributed by atoms with Gasteiger partial charge in [-0.25, -0.2) is 4.98 Å². The van der Waals surface area contributed by atoms with Crippen LogP contribution in [0.2, 0.25) is 0 Å². The van der Waals surface area contributed by atoms with E-state index < -0.39 is 0 Å². The fourth-order valence-corrected chi connectivity index (χ4v) is 3.74. The maximum absolute atomic E-state index is 5.34. The maximum Gasteiger partial charge on any atom is 0.134 e. The van der Waals surface area contributed by atoms with Crippen molar-refractivity contribution >= 4 is 0 Å². The second kappa shape index (κ2) is 8.50. The molecule has 0 aliphatic carbocycles. The highest BCUT2D eigenvalue weighted by Gasteiger charge is 2.22. The number of methoxy groups -OCH3 is 2. The highest BCUT2D eigenvalue weighted by Crippen LogP contribution is 2.23. The van der Waals surface area contributed by atoms with Crippen LogP contribution >= 0.6 is 0 Å². The Morgan fingerprint density at radius 2 is 2.16 bits per heavy atom. The number of likely N-dealkylation sites (tertiary alicyclic amines) is 1. The van der Waals surface area contributed by atoms with E-state index in [1.165, 1.54) is 30.6 Å². The molecule has 25 heavy (non-hydrogen) atoms. The lowest BCUT2D eigenvalue weighted by molar-refractivity contribution is 0.147. The predicted molar refractivity (Wildman–Crippen MR) is 98.7 cm³/mol. The molecular formula is C20H29N3O2. The standard InChI is InChI=1S/C20H29N3O2/c1-16-11-21-20(15-24-2)23(16)14-18-7-5-9-22(13-18)12-17-6-4-8-19(10-17)25-3/h4,6,8,10-11,18H,5,7,9,12-15H2,1-3H3. The molecule has 5 heteroatoms. The molecule has 136 valence electrons. The molecule has 1 aromatic carbocycles. The molecule has 1 aromatic heterocycles. The van der Waals surface area contributed by atoms with Gasteiger partial charge in [0.1, 0.15) is 18.2 Å². The van der Waals surface area contributed by atoms with E-state index in [0.717, 1.165) is 31.2 Å². The van der Waals surface area contributed by atoms with Gasteiger partial charge in [0.05, 0.1) is 7.11 Å². The molecule has 1 fully saturated rings. The van der Waals surface area contributed by atoms with Gasteiger partial charge in [0.25, 0.3) is 0 Å². The number of ether oxygens (including phenoxy) is 2. The van der Waals surface area contributed by atoms with Crippen LogP contribution in [0.4, 0.5) is 0 Å². The van der Waals surface area contributed by atoms with Crippen molar-refractivity contribution in [1.29, 1.82) is 0 Å². The van der Waals surface area contributed by atoms with Crippen LogP contribution in [0, 0.1) is 12.8 Å². The number of benzene rings is 1. The van der Waals surface area contributed by atoms with Gasteiger partial charge in [0.15, 0.2) is 0 Å². The molecule has 1 aliphatic heterocycles. The summed E-state index contributed by atoms with van der Waals surface area (Å²) in [4.78, 5) is 7.05. The summed E-state index contributed by atoms with van der Waals surface area (Å²) >= 11 is 0. The van der Waals surface area contributed by atoms with E-state index in [9.17, 15) is 0 Å². The van der Waals surface area contributed by atoms with Gasteiger partial charge in [-0.05, 0) is 49.9 Å². The summed E-state index contributed by atoms with van der Waals surface area (Å²) in [7, 11) is 3.45. The van der Waals surface area contributed by atoms with Crippen molar-refractivity contribution in [1.82, 2.24) is 14.5 Å². The first-order chi connectivity index (χ1) is 12.2. The minimum absolute atomic E-state index is 0.577. The highest BCUT2D eigenvalue weighted by molar-refractivity contribution is 5.28. The summed E-state index contributed by atoms with van der Waals surface area (Å²) in [6.45, 7) is 7.01. The predicted octanol–water partition coefficient (Wildman–Crippen LogP) is 3.26. The van der Waals surface area contributed by atoms with Crippen LogP contribution in [0.3, 0.4) is 0 Å². The van der Waals surface area contributed by atoms with Gasteiger partial charge in [-0.1, -0.05) is 12.1 Å². The zero-order chi connectivity index (χ0) is 17.6. The van der Waals surface area contributed by atoms with Crippen molar-refractivity contribution < 1.29 is 9.47 Å². The number of hydrogen-bond donors (Lipinski definition) is 0. The fraction of sp³-hybridized carbons (Fsp3) is 0.550. The lowest BCUT2D eigenvalue weighted by Crippen LogP contribution is -2.36. The minimum Gasteiger partial charge on any atom is -0.497 e. The summed E-state index contributed by atoms with van der Waals surface area (Å²) in [5.41, 5.74) is 2.54. The molecule has 0 amide bonds. The molecule has 0 N–H and O–H groups in total. The Morgan fingerprint density at radius 1 is 1.28 bits per heavy atom. The average Bonchev–Trinajstić information content (AvgIpc) is 2.96. The Morgan fingerprint density at radius 3 is 2.96 bits per heavy atom. The number of hydrogen-bond acceptors (Lipinski definition) is 4. The summed E-state index contributed by atoms with van der Waals surface area (Å²) in [6.07, 6.45) is 4.48. The molecule has 2 heterocycles. The molecule has 1 atom stereocenters. The molecule has 0 spiro atoms. The number of piperidine rings is 1. The van der Waals surface area contributed by atoms with Crippen molar-refractivity contribution in [3.8, 4) is 5.75 Å². The van der Waals surface area contributed by atoms with Crippen LogP contribution in [0.1, 0.15) is 29.9 Å². The molecular weight excluding hydrogens is 314 g/mol. The zero-order valence-electron chi connectivity index (χ0n) is 15.6. The third kappa shape index (κ3) is 4.61. The third-order valence-electron chi connectivity index (χ3n) is 5.00. The molecule has 5 nitrogen and oxygen atoms in total. The highest BCUT2D eigenvalue weighted by atomic mass is 16.5. The van der Waals surface area contributed by atoms with E-state index in [-0.39, 0.29) is 0 Å². The first-order valence-electron chi connectivity index (χ1n) is 9.05. The number of aromatic nitrogens is 2. The van der Waals surface area contributed by atoms with Crippen molar-refractivity contribution in [2.75, 3.05) is 27.3 Å². The minimum atomic E-state index is 0.577. The molecule has 1 unspecified atom stereocenters. The maximum atomic E-state index is 5.34. The SMILES string of the molecule is COCc1ncc(C)n1CC1CCCN(Cc2cccc(OC)c2)C1. The monoisotopic (exact) mass is 343 g/mol. The van der Waals surface area contributed by atoms with Crippen LogP contribution in [0.5, 0.6) is 5.75 Å². The van der Waals surface area contributed by atoms with Crippen LogP contribution in [0.15, 0.2) is 30.5 Å². The van der Waals surface area contributed by atoms with Gasteiger partial charge in [-0.2, -0.15) is 0 Å². The van der Waals surface area contributed by atoms with E-state index >= 15 is 0 Å². The average molecular weight is 343 g/mol. The Hall–Kier alpha value is -1.85. The Labute approximate surface area is 150 Å². The van der Waals surface area contributed by atoms with Gasteiger partial charge >= 0.3 is 0 Å². The van der Waals surface area contributed by atoms with Crippen molar-refractivity contribution in [2.24, 2.45) is 5.92 Å². The van der Waals surface area contributed by atoms with Crippen molar-refractivity contribution in [3.05, 3.63) is 47.5 Å². The van der Waals surface area contributed by atoms with Gasteiger partial charge < -0.3 is 14.0 Å². The Balaban J connectivity index is 1.62. The van der Waals surface area contributed by atoms with E-state index in [4.69, 9.17) is 9.47 Å². The normalized spacial score (nSPS) is 18.4. The van der Waals surface area contributed by atoms with Gasteiger partial charge in [0.2, 0.25) is 0 Å². The summed E-state index contributed by atoms with van der Waals surface area (Å²) in [5, 5.41) is 0. The van der Waals surface area contributed by atoms with Crippen LogP contribution in [-0.2, 0) is 24.4 Å². The van der Waals surface area contributed by atoms with E-state index in [0.29, 0.717) is 12.5 Å². The number of nitrogens with zero attached hydrogens (tertiary/aromatic N) is 3.